The molecule has 2 aliphatic rings. The fraction of sp³-hybridized carbons (Fsp3) is 0.895. The van der Waals surface area contributed by atoms with Crippen molar-refractivity contribution in [2.45, 2.75) is 65.2 Å². The molecule has 146 valence electrons. The molecular weight excluding hydrogens is 427 g/mol. The third kappa shape index (κ3) is 7.31. The Morgan fingerprint density at radius 1 is 1.12 bits per heavy atom. The van der Waals surface area contributed by atoms with Crippen LogP contribution in [0.3, 0.4) is 0 Å². The van der Waals surface area contributed by atoms with Crippen molar-refractivity contribution < 1.29 is 4.79 Å². The van der Waals surface area contributed by atoms with Crippen molar-refractivity contribution in [1.82, 2.24) is 16.0 Å². The molecule has 0 aromatic rings. The first-order chi connectivity index (χ1) is 11.5. The van der Waals surface area contributed by atoms with Crippen LogP contribution in [0.15, 0.2) is 4.99 Å². The van der Waals surface area contributed by atoms with Crippen LogP contribution in [-0.2, 0) is 4.79 Å². The zero-order valence-corrected chi connectivity index (χ0v) is 18.5. The summed E-state index contributed by atoms with van der Waals surface area (Å²) in [7, 11) is 1.82. The predicted molar refractivity (Wildman–Crippen MR) is 115 cm³/mol. The van der Waals surface area contributed by atoms with E-state index in [1.165, 1.54) is 32.1 Å². The minimum absolute atomic E-state index is 0. The fourth-order valence-electron chi connectivity index (χ4n) is 3.81. The van der Waals surface area contributed by atoms with Gasteiger partial charge in [0.2, 0.25) is 5.91 Å². The third-order valence-corrected chi connectivity index (χ3v) is 5.53. The molecule has 0 spiro atoms. The Morgan fingerprint density at radius 2 is 1.80 bits per heavy atom. The smallest absolute Gasteiger partial charge is 0.223 e. The number of hydrogen-bond acceptors (Lipinski definition) is 2. The Morgan fingerprint density at radius 3 is 2.28 bits per heavy atom. The average molecular weight is 464 g/mol. The molecule has 0 saturated heterocycles. The standard InChI is InChI=1S/C19H36N4O.HI/c1-15(2)13-19(9-5-10-19)14-23-18(20-3)22-12-6-11-21-17(24)16-7-4-8-16;/h15-16H,4-14H2,1-3H3,(H,21,24)(H2,20,22,23);1H. The number of halogens is 1. The van der Waals surface area contributed by atoms with Gasteiger partial charge < -0.3 is 16.0 Å². The molecule has 0 aromatic heterocycles. The molecular formula is C19H37IN4O. The normalized spacial score (nSPS) is 19.4. The molecule has 1 amide bonds. The molecule has 0 heterocycles. The van der Waals surface area contributed by atoms with Crippen molar-refractivity contribution >= 4 is 35.8 Å². The molecule has 2 saturated carbocycles. The van der Waals surface area contributed by atoms with Gasteiger partial charge in [-0.15, -0.1) is 24.0 Å². The van der Waals surface area contributed by atoms with E-state index < -0.39 is 0 Å². The lowest BCUT2D eigenvalue weighted by Crippen LogP contribution is -2.47. The lowest BCUT2D eigenvalue weighted by molar-refractivity contribution is -0.127. The number of aliphatic imine (C=N–C) groups is 1. The van der Waals surface area contributed by atoms with E-state index in [1.54, 1.807) is 0 Å². The number of guanidine groups is 1. The Bertz CT molecular complexity index is 431. The molecule has 0 atom stereocenters. The highest BCUT2D eigenvalue weighted by Crippen LogP contribution is 2.45. The van der Waals surface area contributed by atoms with E-state index in [9.17, 15) is 4.79 Å². The van der Waals surface area contributed by atoms with Crippen molar-refractivity contribution in [2.75, 3.05) is 26.7 Å². The first kappa shape index (κ1) is 22.5. The van der Waals surface area contributed by atoms with Gasteiger partial charge in [-0.3, -0.25) is 9.79 Å². The second-order valence-corrected chi connectivity index (χ2v) is 8.08. The van der Waals surface area contributed by atoms with E-state index in [-0.39, 0.29) is 35.8 Å². The summed E-state index contributed by atoms with van der Waals surface area (Å²) >= 11 is 0. The number of nitrogens with zero attached hydrogens (tertiary/aromatic N) is 1. The fourth-order valence-corrected chi connectivity index (χ4v) is 3.81. The summed E-state index contributed by atoms with van der Waals surface area (Å²) in [5.41, 5.74) is 0.475. The maximum absolute atomic E-state index is 11.8. The van der Waals surface area contributed by atoms with Crippen LogP contribution in [0.1, 0.15) is 65.2 Å². The maximum atomic E-state index is 11.8. The van der Waals surface area contributed by atoms with E-state index in [0.29, 0.717) is 5.41 Å². The van der Waals surface area contributed by atoms with Crippen LogP contribution in [0.4, 0.5) is 0 Å². The zero-order valence-electron chi connectivity index (χ0n) is 16.2. The highest BCUT2D eigenvalue weighted by Gasteiger charge is 2.37. The number of carbonyl (C=O) groups is 1. The van der Waals surface area contributed by atoms with Crippen molar-refractivity contribution in [2.24, 2.45) is 22.2 Å². The van der Waals surface area contributed by atoms with Gasteiger partial charge in [0.25, 0.3) is 0 Å². The highest BCUT2D eigenvalue weighted by molar-refractivity contribution is 14.0. The van der Waals surface area contributed by atoms with Gasteiger partial charge >= 0.3 is 0 Å². The van der Waals surface area contributed by atoms with Crippen molar-refractivity contribution in [3.05, 3.63) is 0 Å². The van der Waals surface area contributed by atoms with E-state index in [0.717, 1.165) is 50.8 Å². The summed E-state index contributed by atoms with van der Waals surface area (Å²) in [6.07, 6.45) is 9.60. The van der Waals surface area contributed by atoms with Crippen molar-refractivity contribution in [1.29, 1.82) is 0 Å². The molecule has 0 aliphatic heterocycles. The lowest BCUT2D eigenvalue weighted by atomic mass is 9.64. The SMILES string of the molecule is CN=C(NCCCNC(=O)C1CCC1)NCC1(CC(C)C)CCC1.I. The zero-order chi connectivity index (χ0) is 17.4. The number of amides is 1. The molecule has 0 bridgehead atoms. The van der Waals surface area contributed by atoms with Gasteiger partial charge in [-0.1, -0.05) is 26.7 Å². The summed E-state index contributed by atoms with van der Waals surface area (Å²) in [6, 6.07) is 0. The molecule has 3 N–H and O–H groups in total. The van der Waals surface area contributed by atoms with Gasteiger partial charge in [0, 0.05) is 32.6 Å². The first-order valence-electron chi connectivity index (χ1n) is 9.77. The molecule has 5 nitrogen and oxygen atoms in total. The first-order valence-corrected chi connectivity index (χ1v) is 9.77. The van der Waals surface area contributed by atoms with Crippen LogP contribution in [0, 0.1) is 17.3 Å². The molecule has 0 radical (unpaired) electrons. The summed E-state index contributed by atoms with van der Waals surface area (Å²) in [5.74, 6) is 2.16. The van der Waals surface area contributed by atoms with Gasteiger partial charge in [0.15, 0.2) is 5.96 Å². The van der Waals surface area contributed by atoms with Crippen molar-refractivity contribution in [3.8, 4) is 0 Å². The minimum atomic E-state index is 0. The van der Waals surface area contributed by atoms with Crippen molar-refractivity contribution in [3.63, 3.8) is 0 Å². The highest BCUT2D eigenvalue weighted by atomic mass is 127. The van der Waals surface area contributed by atoms with E-state index in [4.69, 9.17) is 0 Å². The molecule has 25 heavy (non-hydrogen) atoms. The second kappa shape index (κ2) is 11.2. The van der Waals surface area contributed by atoms with Gasteiger partial charge in [-0.2, -0.15) is 0 Å². The maximum Gasteiger partial charge on any atom is 0.223 e. The Labute approximate surface area is 170 Å². The largest absolute Gasteiger partial charge is 0.356 e. The minimum Gasteiger partial charge on any atom is -0.356 e. The predicted octanol–water partition coefficient (Wildman–Crippen LogP) is 3.29. The van der Waals surface area contributed by atoms with Crippen LogP contribution >= 0.6 is 24.0 Å². The summed E-state index contributed by atoms with van der Waals surface area (Å²) < 4.78 is 0. The Balaban J connectivity index is 0.00000312. The molecule has 2 fully saturated rings. The Hall–Kier alpha value is -0.530. The number of rotatable bonds is 9. The van der Waals surface area contributed by atoms with Crippen LogP contribution < -0.4 is 16.0 Å². The average Bonchev–Trinajstić information content (AvgIpc) is 2.44. The van der Waals surface area contributed by atoms with Gasteiger partial charge in [0.1, 0.15) is 0 Å². The van der Waals surface area contributed by atoms with Crippen LogP contribution in [0.5, 0.6) is 0 Å². The van der Waals surface area contributed by atoms with E-state index in [2.05, 4.69) is 34.8 Å². The lowest BCUT2D eigenvalue weighted by Gasteiger charge is -2.43. The summed E-state index contributed by atoms with van der Waals surface area (Å²) in [5, 5.41) is 9.90. The molecule has 0 unspecified atom stereocenters. The summed E-state index contributed by atoms with van der Waals surface area (Å²) in [6.45, 7) is 7.22. The van der Waals surface area contributed by atoms with Gasteiger partial charge in [-0.25, -0.2) is 0 Å². The molecule has 6 heteroatoms. The number of hydrogen-bond donors (Lipinski definition) is 3. The molecule has 2 rings (SSSR count). The van der Waals surface area contributed by atoms with Crippen LogP contribution in [-0.4, -0.2) is 38.5 Å². The quantitative estimate of drug-likeness (QED) is 0.212. The second-order valence-electron chi connectivity index (χ2n) is 8.08. The third-order valence-electron chi connectivity index (χ3n) is 5.53. The Kier molecular flexibility index (Phi) is 10.1. The van der Waals surface area contributed by atoms with Crippen LogP contribution in [0.2, 0.25) is 0 Å². The molecule has 2 aliphatic carbocycles. The molecule has 0 aromatic carbocycles. The number of nitrogens with one attached hydrogen (secondary N) is 3. The summed E-state index contributed by atoms with van der Waals surface area (Å²) in [4.78, 5) is 16.1. The van der Waals surface area contributed by atoms with Gasteiger partial charge in [0.05, 0.1) is 0 Å². The monoisotopic (exact) mass is 464 g/mol. The van der Waals surface area contributed by atoms with E-state index in [1.807, 2.05) is 7.05 Å². The topological polar surface area (TPSA) is 65.5 Å². The van der Waals surface area contributed by atoms with Gasteiger partial charge in [-0.05, 0) is 49.9 Å². The van der Waals surface area contributed by atoms with Crippen LogP contribution in [0.25, 0.3) is 0 Å². The number of carbonyl (C=O) groups excluding carboxylic acids is 1. The van der Waals surface area contributed by atoms with E-state index >= 15 is 0 Å².